The molecule has 1 saturated heterocycles. The van der Waals surface area contributed by atoms with E-state index < -0.39 is 5.69 Å². The molecule has 0 saturated carbocycles. The molecule has 0 radical (unpaired) electrons. The minimum Gasteiger partial charge on any atom is -0.368 e. The molecule has 1 aromatic heterocycles. The third-order valence-corrected chi connectivity index (χ3v) is 6.22. The first-order valence-electron chi connectivity index (χ1n) is 11.0. The van der Waals surface area contributed by atoms with Gasteiger partial charge in [0.25, 0.3) is 11.5 Å². The molecular formula is C24H27ClN4O3. The van der Waals surface area contributed by atoms with Crippen molar-refractivity contribution in [3.05, 3.63) is 73.9 Å². The van der Waals surface area contributed by atoms with Crippen LogP contribution in [0.2, 0.25) is 5.02 Å². The summed E-state index contributed by atoms with van der Waals surface area (Å²) in [6, 6.07) is 12.6. The fraction of sp³-hybridized carbons (Fsp3) is 0.375. The van der Waals surface area contributed by atoms with E-state index in [0.717, 1.165) is 38.0 Å². The number of fused-ring (bicyclic) bond motifs is 1. The van der Waals surface area contributed by atoms with Gasteiger partial charge in [-0.1, -0.05) is 31.4 Å². The predicted molar refractivity (Wildman–Crippen MR) is 128 cm³/mol. The Balaban J connectivity index is 1.49. The van der Waals surface area contributed by atoms with Crippen molar-refractivity contribution in [1.82, 2.24) is 14.5 Å². The van der Waals surface area contributed by atoms with Gasteiger partial charge in [0, 0.05) is 49.0 Å². The van der Waals surface area contributed by atoms with Crippen LogP contribution in [0.25, 0.3) is 10.9 Å². The third kappa shape index (κ3) is 4.58. The van der Waals surface area contributed by atoms with Crippen molar-refractivity contribution in [1.29, 1.82) is 0 Å². The van der Waals surface area contributed by atoms with Gasteiger partial charge in [0.2, 0.25) is 0 Å². The molecule has 168 valence electrons. The van der Waals surface area contributed by atoms with Gasteiger partial charge in [0.05, 0.1) is 10.9 Å². The Labute approximate surface area is 191 Å². The minimum atomic E-state index is -0.431. The van der Waals surface area contributed by atoms with Gasteiger partial charge in [-0.2, -0.15) is 0 Å². The molecule has 0 spiro atoms. The molecule has 32 heavy (non-hydrogen) atoms. The van der Waals surface area contributed by atoms with Crippen LogP contribution in [0.3, 0.4) is 0 Å². The Morgan fingerprint density at radius 1 is 1.00 bits per heavy atom. The van der Waals surface area contributed by atoms with Gasteiger partial charge in [0.1, 0.15) is 0 Å². The van der Waals surface area contributed by atoms with E-state index in [1.54, 1.807) is 23.1 Å². The zero-order chi connectivity index (χ0) is 22.7. The van der Waals surface area contributed by atoms with Gasteiger partial charge in [-0.05, 0) is 48.9 Å². The second-order valence-electron chi connectivity index (χ2n) is 8.11. The number of carbonyl (C=O) groups is 1. The fourth-order valence-corrected chi connectivity index (χ4v) is 4.24. The van der Waals surface area contributed by atoms with Crippen LogP contribution in [0.4, 0.5) is 5.69 Å². The van der Waals surface area contributed by atoms with E-state index in [1.165, 1.54) is 4.57 Å². The smallest absolute Gasteiger partial charge is 0.328 e. The molecule has 0 bridgehead atoms. The van der Waals surface area contributed by atoms with E-state index in [1.807, 2.05) is 24.3 Å². The van der Waals surface area contributed by atoms with Gasteiger partial charge in [-0.3, -0.25) is 14.2 Å². The monoisotopic (exact) mass is 454 g/mol. The first kappa shape index (κ1) is 22.1. The van der Waals surface area contributed by atoms with Crippen LogP contribution in [-0.4, -0.2) is 46.5 Å². The molecule has 1 amide bonds. The Bertz CT molecular complexity index is 1220. The van der Waals surface area contributed by atoms with Crippen molar-refractivity contribution in [3.63, 3.8) is 0 Å². The van der Waals surface area contributed by atoms with Crippen molar-refractivity contribution < 1.29 is 4.79 Å². The number of nitrogens with one attached hydrogen (secondary N) is 1. The molecule has 2 heterocycles. The van der Waals surface area contributed by atoms with Gasteiger partial charge in [0.15, 0.2) is 0 Å². The summed E-state index contributed by atoms with van der Waals surface area (Å²) in [6.07, 6.45) is 2.76. The summed E-state index contributed by atoms with van der Waals surface area (Å²) in [6.45, 7) is 5.10. The van der Waals surface area contributed by atoms with E-state index in [2.05, 4.69) is 16.8 Å². The summed E-state index contributed by atoms with van der Waals surface area (Å²) < 4.78 is 1.25. The summed E-state index contributed by atoms with van der Waals surface area (Å²) in [5.41, 5.74) is 1.21. The fourth-order valence-electron chi connectivity index (χ4n) is 4.11. The molecular weight excluding hydrogens is 428 g/mol. The molecule has 1 fully saturated rings. The lowest BCUT2D eigenvalue weighted by atomic mass is 10.1. The second-order valence-corrected chi connectivity index (χ2v) is 8.55. The molecule has 2 aromatic carbocycles. The summed E-state index contributed by atoms with van der Waals surface area (Å²) in [5, 5.41) is 1.12. The van der Waals surface area contributed by atoms with Gasteiger partial charge in [-0.15, -0.1) is 0 Å². The number of benzene rings is 2. The van der Waals surface area contributed by atoms with Crippen LogP contribution in [-0.2, 0) is 6.54 Å². The number of anilines is 1. The quantitative estimate of drug-likeness (QED) is 0.578. The Morgan fingerprint density at radius 3 is 2.41 bits per heavy atom. The van der Waals surface area contributed by atoms with E-state index in [0.29, 0.717) is 41.1 Å². The van der Waals surface area contributed by atoms with Gasteiger partial charge in [-0.25, -0.2) is 4.79 Å². The highest BCUT2D eigenvalue weighted by atomic mass is 35.5. The summed E-state index contributed by atoms with van der Waals surface area (Å²) >= 11 is 5.97. The number of aromatic nitrogens is 2. The molecule has 7 nitrogen and oxygen atoms in total. The number of hydrogen-bond acceptors (Lipinski definition) is 4. The average Bonchev–Trinajstić information content (AvgIpc) is 2.81. The number of unbranched alkanes of at least 4 members (excludes halogenated alkanes) is 2. The number of hydrogen-bond donors (Lipinski definition) is 1. The largest absolute Gasteiger partial charge is 0.368 e. The van der Waals surface area contributed by atoms with Crippen molar-refractivity contribution in [2.75, 3.05) is 31.1 Å². The van der Waals surface area contributed by atoms with Gasteiger partial charge >= 0.3 is 5.69 Å². The SMILES string of the molecule is CCCCCn1c(=O)[nH]c2cc(C(=O)N3CCN(c4ccc(Cl)cc4)CC3)ccc2c1=O. The number of rotatable bonds is 6. The summed E-state index contributed by atoms with van der Waals surface area (Å²) in [5.74, 6) is -0.101. The lowest BCUT2D eigenvalue weighted by Crippen LogP contribution is -2.48. The van der Waals surface area contributed by atoms with Crippen LogP contribution in [0.1, 0.15) is 36.5 Å². The lowest BCUT2D eigenvalue weighted by molar-refractivity contribution is 0.0747. The molecule has 1 N–H and O–H groups in total. The number of halogens is 1. The van der Waals surface area contributed by atoms with Crippen LogP contribution >= 0.6 is 11.6 Å². The van der Waals surface area contributed by atoms with Crippen molar-refractivity contribution >= 4 is 34.1 Å². The zero-order valence-electron chi connectivity index (χ0n) is 18.1. The van der Waals surface area contributed by atoms with Gasteiger partial charge < -0.3 is 14.8 Å². The first-order chi connectivity index (χ1) is 15.5. The number of aromatic amines is 1. The van der Waals surface area contributed by atoms with Crippen molar-refractivity contribution in [2.45, 2.75) is 32.7 Å². The van der Waals surface area contributed by atoms with Crippen LogP contribution in [0, 0.1) is 0 Å². The second kappa shape index (κ2) is 9.61. The maximum Gasteiger partial charge on any atom is 0.328 e. The standard InChI is InChI=1S/C24H27ClN4O3/c1-2-3-4-11-29-23(31)20-10-5-17(16-21(20)26-24(29)32)22(30)28-14-12-27(13-15-28)19-8-6-18(25)7-9-19/h5-10,16H,2-4,11-15H2,1H3,(H,26,32). The molecule has 3 aromatic rings. The van der Waals surface area contributed by atoms with E-state index in [9.17, 15) is 14.4 Å². The molecule has 0 unspecified atom stereocenters. The number of H-pyrrole nitrogens is 1. The first-order valence-corrected chi connectivity index (χ1v) is 11.4. The van der Waals surface area contributed by atoms with Crippen LogP contribution in [0.5, 0.6) is 0 Å². The lowest BCUT2D eigenvalue weighted by Gasteiger charge is -2.36. The van der Waals surface area contributed by atoms with Crippen molar-refractivity contribution in [2.24, 2.45) is 0 Å². The Hall–Kier alpha value is -3.06. The predicted octanol–water partition coefficient (Wildman–Crippen LogP) is 3.50. The highest BCUT2D eigenvalue weighted by Crippen LogP contribution is 2.20. The number of nitrogens with zero attached hydrogens (tertiary/aromatic N) is 3. The Morgan fingerprint density at radius 2 is 1.72 bits per heavy atom. The normalized spacial score (nSPS) is 14.2. The van der Waals surface area contributed by atoms with E-state index in [4.69, 9.17) is 11.6 Å². The van der Waals surface area contributed by atoms with E-state index >= 15 is 0 Å². The molecule has 0 atom stereocenters. The molecule has 4 rings (SSSR count). The number of carbonyl (C=O) groups excluding carboxylic acids is 1. The van der Waals surface area contributed by atoms with E-state index in [-0.39, 0.29) is 11.5 Å². The van der Waals surface area contributed by atoms with Crippen LogP contribution in [0.15, 0.2) is 52.1 Å². The number of piperazine rings is 1. The molecule has 1 aliphatic heterocycles. The highest BCUT2D eigenvalue weighted by Gasteiger charge is 2.23. The summed E-state index contributed by atoms with van der Waals surface area (Å²) in [4.78, 5) is 45.0. The average molecular weight is 455 g/mol. The molecule has 0 aliphatic carbocycles. The minimum absolute atomic E-state index is 0.101. The summed E-state index contributed by atoms with van der Waals surface area (Å²) in [7, 11) is 0. The highest BCUT2D eigenvalue weighted by molar-refractivity contribution is 6.30. The maximum absolute atomic E-state index is 13.1. The number of amides is 1. The van der Waals surface area contributed by atoms with Crippen molar-refractivity contribution in [3.8, 4) is 0 Å². The Kier molecular flexibility index (Phi) is 6.65. The zero-order valence-corrected chi connectivity index (χ0v) is 18.9. The van der Waals surface area contributed by atoms with Crippen LogP contribution < -0.4 is 16.1 Å². The third-order valence-electron chi connectivity index (χ3n) is 5.97. The molecule has 1 aliphatic rings. The molecule has 8 heteroatoms. The maximum atomic E-state index is 13.1. The topological polar surface area (TPSA) is 78.4 Å².